The molecule has 0 saturated carbocycles. The second-order valence-electron chi connectivity index (χ2n) is 5.18. The number of carbonyl (C=O) groups is 3. The first-order valence-corrected chi connectivity index (χ1v) is 7.52. The third-order valence-corrected chi connectivity index (χ3v) is 3.23. The zero-order chi connectivity index (χ0) is 17.9. The summed E-state index contributed by atoms with van der Waals surface area (Å²) < 4.78 is 5.51. The number of carboxylic acids is 1. The van der Waals surface area contributed by atoms with Crippen LogP contribution in [0.1, 0.15) is 12.5 Å². The van der Waals surface area contributed by atoms with Crippen molar-refractivity contribution in [3.8, 4) is 0 Å². The van der Waals surface area contributed by atoms with Crippen molar-refractivity contribution in [1.82, 2.24) is 16.0 Å². The number of rotatable bonds is 10. The molecule has 1 aromatic rings. The van der Waals surface area contributed by atoms with Crippen LogP contribution >= 0.6 is 0 Å². The van der Waals surface area contributed by atoms with E-state index in [-0.39, 0.29) is 6.61 Å². The number of carbonyl (C=O) groups excluding carboxylic acids is 2. The van der Waals surface area contributed by atoms with Crippen LogP contribution < -0.4 is 16.0 Å². The Labute approximate surface area is 140 Å². The van der Waals surface area contributed by atoms with E-state index in [9.17, 15) is 14.4 Å². The molecular weight excluding hydrogens is 314 g/mol. The molecule has 0 aromatic heterocycles. The Morgan fingerprint density at radius 1 is 1.17 bits per heavy atom. The Morgan fingerprint density at radius 3 is 2.42 bits per heavy atom. The minimum atomic E-state index is -1.15. The average Bonchev–Trinajstić information content (AvgIpc) is 2.57. The van der Waals surface area contributed by atoms with Crippen LogP contribution in [0.15, 0.2) is 30.3 Å². The number of amides is 2. The molecule has 0 saturated heterocycles. The van der Waals surface area contributed by atoms with E-state index in [2.05, 4.69) is 16.0 Å². The standard InChI is InChI=1S/C16H23N3O5/c1-11(15(22)18-8-14(20)21)19-16(23)13(17-2)10-24-9-12-6-4-3-5-7-12/h3-7,11,13,17H,8-10H2,1-2H3,(H,18,22)(H,19,23)(H,20,21)/t11-,13-/m1/s1. The molecule has 8 nitrogen and oxygen atoms in total. The van der Waals surface area contributed by atoms with Crippen LogP contribution in [0.3, 0.4) is 0 Å². The molecular formula is C16H23N3O5. The van der Waals surface area contributed by atoms with Gasteiger partial charge in [0.05, 0.1) is 13.2 Å². The Morgan fingerprint density at radius 2 is 1.83 bits per heavy atom. The number of carboxylic acid groups (broad SMARTS) is 1. The van der Waals surface area contributed by atoms with Crippen molar-refractivity contribution in [2.75, 3.05) is 20.2 Å². The zero-order valence-electron chi connectivity index (χ0n) is 13.7. The lowest BCUT2D eigenvalue weighted by Gasteiger charge is -2.19. The first kappa shape index (κ1) is 19.6. The molecule has 24 heavy (non-hydrogen) atoms. The lowest BCUT2D eigenvalue weighted by molar-refractivity contribution is -0.138. The van der Waals surface area contributed by atoms with Crippen molar-refractivity contribution < 1.29 is 24.2 Å². The van der Waals surface area contributed by atoms with Crippen molar-refractivity contribution in [3.05, 3.63) is 35.9 Å². The predicted molar refractivity (Wildman–Crippen MR) is 87.2 cm³/mol. The Balaban J connectivity index is 2.39. The minimum absolute atomic E-state index is 0.140. The number of hydrogen-bond acceptors (Lipinski definition) is 5. The maximum atomic E-state index is 12.1. The minimum Gasteiger partial charge on any atom is -0.480 e. The normalized spacial score (nSPS) is 12.9. The topological polar surface area (TPSA) is 117 Å². The second kappa shape index (κ2) is 10.3. The summed E-state index contributed by atoms with van der Waals surface area (Å²) in [7, 11) is 1.62. The smallest absolute Gasteiger partial charge is 0.322 e. The van der Waals surface area contributed by atoms with Crippen LogP contribution in [0.5, 0.6) is 0 Å². The molecule has 0 radical (unpaired) electrons. The molecule has 4 N–H and O–H groups in total. The van der Waals surface area contributed by atoms with Gasteiger partial charge in [0, 0.05) is 0 Å². The van der Waals surface area contributed by atoms with E-state index in [0.29, 0.717) is 6.61 Å². The highest BCUT2D eigenvalue weighted by molar-refractivity contribution is 5.90. The predicted octanol–water partition coefficient (Wildman–Crippen LogP) is -0.503. The van der Waals surface area contributed by atoms with E-state index < -0.39 is 36.4 Å². The first-order valence-electron chi connectivity index (χ1n) is 7.52. The summed E-state index contributed by atoms with van der Waals surface area (Å²) in [4.78, 5) is 34.2. The van der Waals surface area contributed by atoms with E-state index in [0.717, 1.165) is 5.56 Å². The largest absolute Gasteiger partial charge is 0.480 e. The van der Waals surface area contributed by atoms with Crippen LogP contribution in [-0.4, -0.2) is 55.2 Å². The highest BCUT2D eigenvalue weighted by Crippen LogP contribution is 2.01. The Kier molecular flexibility index (Phi) is 8.45. The SMILES string of the molecule is CN[C@H](COCc1ccccc1)C(=O)N[C@H](C)C(=O)NCC(=O)O. The first-order chi connectivity index (χ1) is 11.4. The van der Waals surface area contributed by atoms with Gasteiger partial charge in [0.25, 0.3) is 0 Å². The van der Waals surface area contributed by atoms with E-state index in [4.69, 9.17) is 9.84 Å². The van der Waals surface area contributed by atoms with E-state index in [1.807, 2.05) is 30.3 Å². The fraction of sp³-hybridized carbons (Fsp3) is 0.438. The molecule has 2 atom stereocenters. The Bertz CT molecular complexity index is 550. The number of ether oxygens (including phenoxy) is 1. The van der Waals surface area contributed by atoms with Gasteiger partial charge in [-0.05, 0) is 19.5 Å². The molecule has 0 heterocycles. The zero-order valence-corrected chi connectivity index (χ0v) is 13.7. The van der Waals surface area contributed by atoms with Crippen LogP contribution in [0.2, 0.25) is 0 Å². The van der Waals surface area contributed by atoms with Gasteiger partial charge in [-0.25, -0.2) is 0 Å². The van der Waals surface area contributed by atoms with E-state index in [1.54, 1.807) is 7.05 Å². The summed E-state index contributed by atoms with van der Waals surface area (Å²) in [6, 6.07) is 8.08. The van der Waals surface area contributed by atoms with Crippen molar-refractivity contribution in [2.45, 2.75) is 25.6 Å². The van der Waals surface area contributed by atoms with Gasteiger partial charge < -0.3 is 25.8 Å². The Hall–Kier alpha value is -2.45. The molecule has 132 valence electrons. The van der Waals surface area contributed by atoms with Crippen molar-refractivity contribution in [3.63, 3.8) is 0 Å². The molecule has 0 aliphatic heterocycles. The van der Waals surface area contributed by atoms with E-state index in [1.165, 1.54) is 6.92 Å². The molecule has 0 aliphatic rings. The molecule has 2 amide bonds. The quantitative estimate of drug-likeness (QED) is 0.457. The molecule has 0 spiro atoms. The van der Waals surface area contributed by atoms with Crippen LogP contribution in [-0.2, 0) is 25.7 Å². The monoisotopic (exact) mass is 337 g/mol. The lowest BCUT2D eigenvalue weighted by atomic mass is 10.2. The molecule has 8 heteroatoms. The molecule has 0 aliphatic carbocycles. The summed E-state index contributed by atoms with van der Waals surface area (Å²) in [5.74, 6) is -2.11. The number of likely N-dealkylation sites (N-methyl/N-ethyl adjacent to an activating group) is 1. The van der Waals surface area contributed by atoms with Crippen LogP contribution in [0.25, 0.3) is 0 Å². The second-order valence-corrected chi connectivity index (χ2v) is 5.18. The molecule has 1 aromatic carbocycles. The van der Waals surface area contributed by atoms with Gasteiger partial charge in [-0.3, -0.25) is 14.4 Å². The fourth-order valence-corrected chi connectivity index (χ4v) is 1.85. The molecule has 1 rings (SSSR count). The molecule has 0 unspecified atom stereocenters. The van der Waals surface area contributed by atoms with Gasteiger partial charge in [0.1, 0.15) is 18.6 Å². The van der Waals surface area contributed by atoms with Gasteiger partial charge in [-0.1, -0.05) is 30.3 Å². The molecule has 0 fully saturated rings. The summed E-state index contributed by atoms with van der Waals surface area (Å²) in [6.07, 6.45) is 0. The maximum Gasteiger partial charge on any atom is 0.322 e. The number of aliphatic carboxylic acids is 1. The number of hydrogen-bond donors (Lipinski definition) is 4. The summed E-state index contributed by atoms with van der Waals surface area (Å²) in [5, 5.41) is 16.1. The summed E-state index contributed by atoms with van der Waals surface area (Å²) in [6.45, 7) is 1.50. The molecule has 0 bridgehead atoms. The van der Waals surface area contributed by atoms with Gasteiger partial charge in [-0.2, -0.15) is 0 Å². The summed E-state index contributed by atoms with van der Waals surface area (Å²) in [5.41, 5.74) is 0.995. The van der Waals surface area contributed by atoms with Gasteiger partial charge in [0.2, 0.25) is 11.8 Å². The van der Waals surface area contributed by atoms with Gasteiger partial charge >= 0.3 is 5.97 Å². The average molecular weight is 337 g/mol. The maximum absolute atomic E-state index is 12.1. The lowest BCUT2D eigenvalue weighted by Crippen LogP contribution is -2.52. The third kappa shape index (κ3) is 7.21. The van der Waals surface area contributed by atoms with Crippen LogP contribution in [0.4, 0.5) is 0 Å². The van der Waals surface area contributed by atoms with Gasteiger partial charge in [0.15, 0.2) is 0 Å². The third-order valence-electron chi connectivity index (χ3n) is 3.23. The van der Waals surface area contributed by atoms with Gasteiger partial charge in [-0.15, -0.1) is 0 Å². The van der Waals surface area contributed by atoms with Crippen molar-refractivity contribution in [2.24, 2.45) is 0 Å². The fourth-order valence-electron chi connectivity index (χ4n) is 1.85. The number of benzene rings is 1. The van der Waals surface area contributed by atoms with Crippen molar-refractivity contribution in [1.29, 1.82) is 0 Å². The highest BCUT2D eigenvalue weighted by Gasteiger charge is 2.22. The van der Waals surface area contributed by atoms with E-state index >= 15 is 0 Å². The summed E-state index contributed by atoms with van der Waals surface area (Å²) >= 11 is 0. The van der Waals surface area contributed by atoms with Crippen molar-refractivity contribution >= 4 is 17.8 Å². The van der Waals surface area contributed by atoms with Crippen LogP contribution in [0, 0.1) is 0 Å². The highest BCUT2D eigenvalue weighted by atomic mass is 16.5. The number of nitrogens with one attached hydrogen (secondary N) is 3.